The van der Waals surface area contributed by atoms with E-state index >= 15 is 0 Å². The third-order valence-electron chi connectivity index (χ3n) is 3.01. The average Bonchev–Trinajstić information content (AvgIpc) is 2.48. The first-order chi connectivity index (χ1) is 9.69. The molecule has 21 heavy (non-hydrogen) atoms. The van der Waals surface area contributed by atoms with Crippen LogP contribution in [0.3, 0.4) is 0 Å². The lowest BCUT2D eigenvalue weighted by Gasteiger charge is -2.23. The maximum atomic E-state index is 11.8. The van der Waals surface area contributed by atoms with E-state index in [0.29, 0.717) is 30.8 Å². The first-order valence-corrected chi connectivity index (χ1v) is 6.49. The summed E-state index contributed by atoms with van der Waals surface area (Å²) in [5.41, 5.74) is 1.09. The molecule has 7 heteroatoms. The predicted molar refractivity (Wildman–Crippen MR) is 80.9 cm³/mol. The van der Waals surface area contributed by atoms with E-state index in [9.17, 15) is 9.59 Å². The number of anilines is 1. The molecule has 2 N–H and O–H groups in total. The third kappa shape index (κ3) is 5.34. The van der Waals surface area contributed by atoms with Crippen molar-refractivity contribution >= 4 is 30.0 Å². The van der Waals surface area contributed by atoms with E-state index in [-0.39, 0.29) is 24.4 Å². The largest absolute Gasteiger partial charge is 0.465 e. The molecule has 1 unspecified atom stereocenters. The summed E-state index contributed by atoms with van der Waals surface area (Å²) >= 11 is 0. The standard InChI is InChI=1S/C14H18N2O4.ClH/c1-19-14(18)10-2-4-11(5-3-10)16-13(17)8-12-9-15-6-7-20-12;/h2-5,12,15H,6-9H2,1H3,(H,16,17);1H. The van der Waals surface area contributed by atoms with Gasteiger partial charge < -0.3 is 20.1 Å². The van der Waals surface area contributed by atoms with Gasteiger partial charge in [0.2, 0.25) is 5.91 Å². The van der Waals surface area contributed by atoms with Crippen LogP contribution < -0.4 is 10.6 Å². The topological polar surface area (TPSA) is 76.7 Å². The minimum atomic E-state index is -0.399. The second-order valence-electron chi connectivity index (χ2n) is 4.52. The predicted octanol–water partition coefficient (Wildman–Crippen LogP) is 1.21. The normalized spacial score (nSPS) is 17.5. The number of benzene rings is 1. The van der Waals surface area contributed by atoms with Gasteiger partial charge in [0, 0.05) is 18.8 Å². The van der Waals surface area contributed by atoms with Crippen LogP contribution in [0.2, 0.25) is 0 Å². The Morgan fingerprint density at radius 1 is 1.38 bits per heavy atom. The zero-order valence-electron chi connectivity index (χ0n) is 11.8. The van der Waals surface area contributed by atoms with Gasteiger partial charge in [-0.15, -0.1) is 12.4 Å². The third-order valence-corrected chi connectivity index (χ3v) is 3.01. The van der Waals surface area contributed by atoms with Gasteiger partial charge in [-0.1, -0.05) is 0 Å². The molecule has 1 fully saturated rings. The zero-order chi connectivity index (χ0) is 14.4. The van der Waals surface area contributed by atoms with Crippen LogP contribution in [-0.4, -0.2) is 44.8 Å². The number of rotatable bonds is 4. The van der Waals surface area contributed by atoms with Crippen molar-refractivity contribution in [3.05, 3.63) is 29.8 Å². The highest BCUT2D eigenvalue weighted by molar-refractivity contribution is 5.93. The Balaban J connectivity index is 0.00000220. The molecular formula is C14H19ClN2O4. The quantitative estimate of drug-likeness (QED) is 0.817. The van der Waals surface area contributed by atoms with Crippen LogP contribution in [0.25, 0.3) is 0 Å². The molecule has 0 radical (unpaired) electrons. The molecule has 0 spiro atoms. The zero-order valence-corrected chi connectivity index (χ0v) is 12.6. The Bertz CT molecular complexity index is 472. The van der Waals surface area contributed by atoms with Crippen LogP contribution in [0.1, 0.15) is 16.8 Å². The smallest absolute Gasteiger partial charge is 0.337 e. The van der Waals surface area contributed by atoms with Crippen LogP contribution in [0.4, 0.5) is 5.69 Å². The minimum Gasteiger partial charge on any atom is -0.465 e. The average molecular weight is 315 g/mol. The number of morpholine rings is 1. The lowest BCUT2D eigenvalue weighted by molar-refractivity contribution is -0.119. The van der Waals surface area contributed by atoms with Crippen LogP contribution >= 0.6 is 12.4 Å². The first kappa shape index (κ1) is 17.4. The van der Waals surface area contributed by atoms with Crippen molar-refractivity contribution in [2.75, 3.05) is 32.1 Å². The lowest BCUT2D eigenvalue weighted by atomic mass is 10.2. The van der Waals surface area contributed by atoms with Gasteiger partial charge >= 0.3 is 5.97 Å². The number of carbonyl (C=O) groups is 2. The second kappa shape index (κ2) is 8.61. The summed E-state index contributed by atoms with van der Waals surface area (Å²) in [6, 6.07) is 6.56. The van der Waals surface area contributed by atoms with Gasteiger partial charge in [0.15, 0.2) is 0 Å². The Morgan fingerprint density at radius 2 is 2.10 bits per heavy atom. The fraction of sp³-hybridized carbons (Fsp3) is 0.429. The number of methoxy groups -OCH3 is 1. The number of nitrogens with one attached hydrogen (secondary N) is 2. The van der Waals surface area contributed by atoms with Gasteiger partial charge in [-0.3, -0.25) is 4.79 Å². The van der Waals surface area contributed by atoms with Crippen molar-refractivity contribution in [3.63, 3.8) is 0 Å². The van der Waals surface area contributed by atoms with Gasteiger partial charge in [-0.05, 0) is 24.3 Å². The van der Waals surface area contributed by atoms with Crippen LogP contribution in [0.5, 0.6) is 0 Å². The van der Waals surface area contributed by atoms with Gasteiger partial charge in [0.05, 0.1) is 31.8 Å². The number of hydrogen-bond donors (Lipinski definition) is 2. The molecule has 1 aliphatic heterocycles. The SMILES string of the molecule is COC(=O)c1ccc(NC(=O)CC2CNCCO2)cc1.Cl. The number of esters is 1. The molecule has 1 heterocycles. The summed E-state index contributed by atoms with van der Waals surface area (Å²) in [6.45, 7) is 2.15. The molecule has 1 aromatic rings. The highest BCUT2D eigenvalue weighted by atomic mass is 35.5. The minimum absolute atomic E-state index is 0. The lowest BCUT2D eigenvalue weighted by Crippen LogP contribution is -2.40. The molecule has 1 atom stereocenters. The monoisotopic (exact) mass is 314 g/mol. The van der Waals surface area contributed by atoms with Crippen molar-refractivity contribution in [3.8, 4) is 0 Å². The van der Waals surface area contributed by atoms with Crippen molar-refractivity contribution in [1.29, 1.82) is 0 Å². The van der Waals surface area contributed by atoms with Gasteiger partial charge in [0.1, 0.15) is 0 Å². The summed E-state index contributed by atoms with van der Waals surface area (Å²) in [4.78, 5) is 23.1. The maximum absolute atomic E-state index is 11.8. The van der Waals surface area contributed by atoms with E-state index < -0.39 is 5.97 Å². The number of amides is 1. The van der Waals surface area contributed by atoms with Crippen molar-refractivity contribution in [2.45, 2.75) is 12.5 Å². The van der Waals surface area contributed by atoms with Crippen LogP contribution in [0.15, 0.2) is 24.3 Å². The molecule has 1 saturated heterocycles. The van der Waals surface area contributed by atoms with E-state index in [1.165, 1.54) is 7.11 Å². The molecule has 1 aliphatic rings. The van der Waals surface area contributed by atoms with Crippen molar-refractivity contribution < 1.29 is 19.1 Å². The molecule has 1 aromatic carbocycles. The highest BCUT2D eigenvalue weighted by Crippen LogP contribution is 2.11. The van der Waals surface area contributed by atoms with Gasteiger partial charge in [-0.2, -0.15) is 0 Å². The number of halogens is 1. The molecule has 0 aliphatic carbocycles. The molecule has 2 rings (SSSR count). The van der Waals surface area contributed by atoms with Gasteiger partial charge in [0.25, 0.3) is 0 Å². The van der Waals surface area contributed by atoms with E-state index in [4.69, 9.17) is 4.74 Å². The van der Waals surface area contributed by atoms with E-state index in [0.717, 1.165) is 6.54 Å². The number of carbonyl (C=O) groups excluding carboxylic acids is 2. The van der Waals surface area contributed by atoms with Crippen LogP contribution in [0, 0.1) is 0 Å². The Hall–Kier alpha value is -1.63. The molecular weight excluding hydrogens is 296 g/mol. The van der Waals surface area contributed by atoms with E-state index in [1.54, 1.807) is 24.3 Å². The molecule has 1 amide bonds. The summed E-state index contributed by atoms with van der Waals surface area (Å²) in [5.74, 6) is -0.505. The van der Waals surface area contributed by atoms with E-state index in [1.807, 2.05) is 0 Å². The summed E-state index contributed by atoms with van der Waals surface area (Å²) in [7, 11) is 1.33. The molecule has 0 bridgehead atoms. The second-order valence-corrected chi connectivity index (χ2v) is 4.52. The van der Waals surface area contributed by atoms with E-state index in [2.05, 4.69) is 15.4 Å². The Kier molecular flexibility index (Phi) is 7.14. The molecule has 0 saturated carbocycles. The number of ether oxygens (including phenoxy) is 2. The highest BCUT2D eigenvalue weighted by Gasteiger charge is 2.17. The fourth-order valence-corrected chi connectivity index (χ4v) is 1.98. The maximum Gasteiger partial charge on any atom is 0.337 e. The summed E-state index contributed by atoms with van der Waals surface area (Å²) in [5, 5.41) is 5.95. The first-order valence-electron chi connectivity index (χ1n) is 6.49. The van der Waals surface area contributed by atoms with Crippen LogP contribution in [-0.2, 0) is 14.3 Å². The Labute approximate surface area is 129 Å². The molecule has 6 nitrogen and oxygen atoms in total. The van der Waals surface area contributed by atoms with Crippen molar-refractivity contribution in [1.82, 2.24) is 5.32 Å². The molecule has 0 aromatic heterocycles. The fourth-order valence-electron chi connectivity index (χ4n) is 1.98. The van der Waals surface area contributed by atoms with Gasteiger partial charge in [-0.25, -0.2) is 4.79 Å². The Morgan fingerprint density at radius 3 is 2.67 bits per heavy atom. The molecule has 116 valence electrons. The number of hydrogen-bond acceptors (Lipinski definition) is 5. The van der Waals surface area contributed by atoms with Crippen molar-refractivity contribution in [2.24, 2.45) is 0 Å². The summed E-state index contributed by atoms with van der Waals surface area (Å²) < 4.78 is 10.1. The summed E-state index contributed by atoms with van der Waals surface area (Å²) in [6.07, 6.45) is 0.226.